The third-order valence-electron chi connectivity index (χ3n) is 4.49. The minimum atomic E-state index is -0.0156. The summed E-state index contributed by atoms with van der Waals surface area (Å²) in [7, 11) is 0. The lowest BCUT2D eigenvalue weighted by Crippen LogP contribution is -2.31. The van der Waals surface area contributed by atoms with Gasteiger partial charge in [0.1, 0.15) is 5.82 Å². The van der Waals surface area contributed by atoms with Gasteiger partial charge in [-0.05, 0) is 32.6 Å². The maximum atomic E-state index is 12.8. The average molecular weight is 309 g/mol. The van der Waals surface area contributed by atoms with Crippen molar-refractivity contribution in [2.24, 2.45) is 0 Å². The molecule has 1 unspecified atom stereocenters. The van der Waals surface area contributed by atoms with E-state index in [1.165, 1.54) is 0 Å². The quantitative estimate of drug-likeness (QED) is 0.870. The molecule has 6 nitrogen and oxygen atoms in total. The molecule has 1 saturated heterocycles. The molecule has 6 heteroatoms. The highest BCUT2D eigenvalue weighted by Gasteiger charge is 2.32. The summed E-state index contributed by atoms with van der Waals surface area (Å²) in [5, 5.41) is 0. The number of carbonyl (C=O) groups is 1. The second-order valence-corrected chi connectivity index (χ2v) is 6.35. The van der Waals surface area contributed by atoms with E-state index in [-0.39, 0.29) is 11.9 Å². The summed E-state index contributed by atoms with van der Waals surface area (Å²) in [6.45, 7) is 2.66. The number of aryl methyl sites for hydroxylation is 1. The first kappa shape index (κ1) is 14.2. The molecule has 1 atom stereocenters. The number of amides is 1. The minimum Gasteiger partial charge on any atom is -0.330 e. The van der Waals surface area contributed by atoms with Gasteiger partial charge in [-0.1, -0.05) is 0 Å². The van der Waals surface area contributed by atoms with Crippen molar-refractivity contribution in [2.45, 2.75) is 44.6 Å². The Hall–Kier alpha value is -2.37. The second-order valence-electron chi connectivity index (χ2n) is 6.35. The summed E-state index contributed by atoms with van der Waals surface area (Å²) in [5.74, 6) is 1.35. The Balaban J connectivity index is 1.56. The molecule has 1 aliphatic heterocycles. The van der Waals surface area contributed by atoms with Gasteiger partial charge in [-0.2, -0.15) is 0 Å². The third-order valence-corrected chi connectivity index (χ3v) is 4.49. The van der Waals surface area contributed by atoms with Gasteiger partial charge in [0.25, 0.3) is 5.91 Å². The Labute approximate surface area is 135 Å². The van der Waals surface area contributed by atoms with Crippen LogP contribution >= 0.6 is 0 Å². The fourth-order valence-electron chi connectivity index (χ4n) is 3.13. The van der Waals surface area contributed by atoms with Gasteiger partial charge in [0.05, 0.1) is 29.2 Å². The molecular formula is C17H19N5O. The molecule has 1 aliphatic carbocycles. The van der Waals surface area contributed by atoms with E-state index >= 15 is 0 Å². The molecular weight excluding hydrogens is 290 g/mol. The first-order valence-corrected chi connectivity index (χ1v) is 8.14. The van der Waals surface area contributed by atoms with Crippen LogP contribution in [0.5, 0.6) is 0 Å². The molecule has 2 aromatic rings. The van der Waals surface area contributed by atoms with Gasteiger partial charge in [-0.15, -0.1) is 0 Å². The van der Waals surface area contributed by atoms with Crippen LogP contribution < -0.4 is 0 Å². The molecule has 23 heavy (non-hydrogen) atoms. The first-order chi connectivity index (χ1) is 11.2. The van der Waals surface area contributed by atoms with Gasteiger partial charge in [-0.3, -0.25) is 14.8 Å². The maximum Gasteiger partial charge on any atom is 0.257 e. The normalized spacial score (nSPS) is 20.7. The standard InChI is InChI=1S/C17H19N5O/c1-11-7-18-10-14(21-11)15-3-2-6-22(15)17(23)13-8-19-16(20-9-13)12-4-5-12/h7-10,12,15H,2-6H2,1H3. The summed E-state index contributed by atoms with van der Waals surface area (Å²) in [4.78, 5) is 32.1. The molecule has 3 heterocycles. The van der Waals surface area contributed by atoms with E-state index in [0.717, 1.165) is 49.4 Å². The van der Waals surface area contributed by atoms with Crippen molar-refractivity contribution in [1.82, 2.24) is 24.8 Å². The average Bonchev–Trinajstić information content (AvgIpc) is 3.31. The second kappa shape index (κ2) is 5.68. The summed E-state index contributed by atoms with van der Waals surface area (Å²) in [6, 6.07) is -0.00184. The molecule has 2 aromatic heterocycles. The lowest BCUT2D eigenvalue weighted by molar-refractivity contribution is 0.0731. The van der Waals surface area contributed by atoms with Gasteiger partial charge >= 0.3 is 0 Å². The van der Waals surface area contributed by atoms with E-state index in [9.17, 15) is 4.79 Å². The number of hydrogen-bond donors (Lipinski definition) is 0. The van der Waals surface area contributed by atoms with Crippen LogP contribution in [0.25, 0.3) is 0 Å². The summed E-state index contributed by atoms with van der Waals surface area (Å²) < 4.78 is 0. The molecule has 0 radical (unpaired) electrons. The van der Waals surface area contributed by atoms with Crippen LogP contribution in [0.2, 0.25) is 0 Å². The van der Waals surface area contributed by atoms with Crippen LogP contribution in [0.15, 0.2) is 24.8 Å². The van der Waals surface area contributed by atoms with E-state index in [4.69, 9.17) is 0 Å². The molecule has 0 N–H and O–H groups in total. The highest BCUT2D eigenvalue weighted by atomic mass is 16.2. The Morgan fingerprint density at radius 3 is 2.61 bits per heavy atom. The van der Waals surface area contributed by atoms with Crippen LogP contribution in [-0.4, -0.2) is 37.3 Å². The van der Waals surface area contributed by atoms with Crippen molar-refractivity contribution in [1.29, 1.82) is 0 Å². The zero-order chi connectivity index (χ0) is 15.8. The monoisotopic (exact) mass is 309 g/mol. The Morgan fingerprint density at radius 1 is 1.13 bits per heavy atom. The smallest absolute Gasteiger partial charge is 0.257 e. The number of nitrogens with zero attached hydrogens (tertiary/aromatic N) is 5. The number of rotatable bonds is 3. The van der Waals surface area contributed by atoms with E-state index < -0.39 is 0 Å². The van der Waals surface area contributed by atoms with E-state index in [1.54, 1.807) is 24.8 Å². The fourth-order valence-corrected chi connectivity index (χ4v) is 3.13. The zero-order valence-corrected chi connectivity index (χ0v) is 13.1. The largest absolute Gasteiger partial charge is 0.330 e. The van der Waals surface area contributed by atoms with Crippen LogP contribution in [0, 0.1) is 6.92 Å². The zero-order valence-electron chi connectivity index (χ0n) is 13.1. The molecule has 2 fully saturated rings. The van der Waals surface area contributed by atoms with E-state index in [2.05, 4.69) is 19.9 Å². The van der Waals surface area contributed by atoms with Crippen molar-refractivity contribution in [3.8, 4) is 0 Å². The van der Waals surface area contributed by atoms with Crippen LogP contribution in [0.4, 0.5) is 0 Å². The molecule has 0 bridgehead atoms. The molecule has 0 spiro atoms. The van der Waals surface area contributed by atoms with Crippen LogP contribution in [0.3, 0.4) is 0 Å². The summed E-state index contributed by atoms with van der Waals surface area (Å²) in [5.41, 5.74) is 2.30. The van der Waals surface area contributed by atoms with E-state index in [1.807, 2.05) is 11.8 Å². The SMILES string of the molecule is Cc1cncc(C2CCCN2C(=O)c2cnc(C3CC3)nc2)n1. The van der Waals surface area contributed by atoms with Crippen molar-refractivity contribution in [3.05, 3.63) is 47.6 Å². The lowest BCUT2D eigenvalue weighted by Gasteiger charge is -2.24. The Morgan fingerprint density at radius 2 is 1.91 bits per heavy atom. The molecule has 4 rings (SSSR count). The number of carbonyl (C=O) groups excluding carboxylic acids is 1. The Bertz CT molecular complexity index is 726. The van der Waals surface area contributed by atoms with Gasteiger partial charge in [0.2, 0.25) is 0 Å². The predicted octanol–water partition coefficient (Wildman–Crippen LogP) is 2.43. The van der Waals surface area contributed by atoms with Gasteiger partial charge in [-0.25, -0.2) is 9.97 Å². The number of aromatic nitrogens is 4. The topological polar surface area (TPSA) is 71.9 Å². The van der Waals surface area contributed by atoms with Crippen LogP contribution in [-0.2, 0) is 0 Å². The minimum absolute atomic E-state index is 0.00184. The lowest BCUT2D eigenvalue weighted by atomic mass is 10.1. The maximum absolute atomic E-state index is 12.8. The highest BCUT2D eigenvalue weighted by molar-refractivity contribution is 5.94. The Kier molecular flexibility index (Phi) is 3.52. The summed E-state index contributed by atoms with van der Waals surface area (Å²) in [6.07, 6.45) is 11.0. The molecule has 0 aromatic carbocycles. The van der Waals surface area contributed by atoms with Gasteiger partial charge in [0.15, 0.2) is 0 Å². The third kappa shape index (κ3) is 2.81. The summed E-state index contributed by atoms with van der Waals surface area (Å²) >= 11 is 0. The molecule has 1 amide bonds. The number of hydrogen-bond acceptors (Lipinski definition) is 5. The molecule has 2 aliphatic rings. The predicted molar refractivity (Wildman–Crippen MR) is 83.8 cm³/mol. The number of likely N-dealkylation sites (tertiary alicyclic amines) is 1. The van der Waals surface area contributed by atoms with Gasteiger partial charge in [0, 0.05) is 31.1 Å². The first-order valence-electron chi connectivity index (χ1n) is 8.14. The van der Waals surface area contributed by atoms with Gasteiger partial charge < -0.3 is 4.90 Å². The molecule has 1 saturated carbocycles. The fraction of sp³-hybridized carbons (Fsp3) is 0.471. The van der Waals surface area contributed by atoms with Crippen LogP contribution in [0.1, 0.15) is 65.2 Å². The van der Waals surface area contributed by atoms with Crippen molar-refractivity contribution in [2.75, 3.05) is 6.54 Å². The highest BCUT2D eigenvalue weighted by Crippen LogP contribution is 2.37. The van der Waals surface area contributed by atoms with Crippen molar-refractivity contribution >= 4 is 5.91 Å². The van der Waals surface area contributed by atoms with E-state index in [0.29, 0.717) is 11.5 Å². The molecule has 118 valence electrons. The van der Waals surface area contributed by atoms with Crippen molar-refractivity contribution < 1.29 is 4.79 Å². The van der Waals surface area contributed by atoms with Crippen molar-refractivity contribution in [3.63, 3.8) is 0 Å².